The molecule has 0 saturated carbocycles. The third-order valence-corrected chi connectivity index (χ3v) is 4.21. The van der Waals surface area contributed by atoms with E-state index >= 15 is 0 Å². The average molecular weight is 384 g/mol. The fraction of sp³-hybridized carbons (Fsp3) is 0.0500. The number of halogens is 4. The Balaban J connectivity index is 1.73. The van der Waals surface area contributed by atoms with E-state index in [0.29, 0.717) is 6.07 Å². The molecule has 0 aliphatic heterocycles. The van der Waals surface area contributed by atoms with E-state index in [1.165, 1.54) is 18.3 Å². The van der Waals surface area contributed by atoms with Crippen molar-refractivity contribution in [1.82, 2.24) is 15.2 Å². The van der Waals surface area contributed by atoms with Crippen molar-refractivity contribution < 1.29 is 17.6 Å². The van der Waals surface area contributed by atoms with E-state index in [4.69, 9.17) is 0 Å². The second kappa shape index (κ2) is 6.88. The van der Waals surface area contributed by atoms with Crippen LogP contribution < -0.4 is 5.32 Å². The van der Waals surface area contributed by atoms with Crippen LogP contribution in [0.3, 0.4) is 0 Å². The lowest BCUT2D eigenvalue weighted by Gasteiger charge is -2.12. The first kappa shape index (κ1) is 17.8. The molecule has 0 fully saturated rings. The zero-order chi connectivity index (χ0) is 19.7. The number of pyridine rings is 1. The molecule has 4 aromatic rings. The Morgan fingerprint density at radius 2 is 1.75 bits per heavy atom. The Hall–Kier alpha value is -3.55. The summed E-state index contributed by atoms with van der Waals surface area (Å²) in [7, 11) is 0. The molecule has 28 heavy (non-hydrogen) atoms. The van der Waals surface area contributed by atoms with E-state index in [0.717, 1.165) is 22.5 Å². The Morgan fingerprint density at radius 1 is 0.929 bits per heavy atom. The average Bonchev–Trinajstić information content (AvgIpc) is 2.68. The van der Waals surface area contributed by atoms with Gasteiger partial charge in [-0.3, -0.25) is 4.98 Å². The third kappa shape index (κ3) is 3.36. The number of nitrogens with one attached hydrogen (secondary N) is 1. The van der Waals surface area contributed by atoms with Crippen molar-refractivity contribution in [3.8, 4) is 11.1 Å². The van der Waals surface area contributed by atoms with Crippen LogP contribution in [0.4, 0.5) is 29.1 Å². The minimum Gasteiger partial charge on any atom is -0.338 e. The summed E-state index contributed by atoms with van der Waals surface area (Å²) in [5.74, 6) is -1.07. The first-order chi connectivity index (χ1) is 13.4. The van der Waals surface area contributed by atoms with Crippen LogP contribution in [-0.2, 0) is 6.18 Å². The van der Waals surface area contributed by atoms with Crippen molar-refractivity contribution in [3.05, 3.63) is 78.5 Å². The Labute approximate surface area is 156 Å². The first-order valence-electron chi connectivity index (χ1n) is 8.22. The van der Waals surface area contributed by atoms with Crippen LogP contribution in [0.25, 0.3) is 21.9 Å². The number of rotatable bonds is 3. The zero-order valence-corrected chi connectivity index (χ0v) is 14.2. The van der Waals surface area contributed by atoms with E-state index in [1.54, 1.807) is 12.4 Å². The molecule has 4 nitrogen and oxygen atoms in total. The van der Waals surface area contributed by atoms with Gasteiger partial charge in [0.25, 0.3) is 0 Å². The Kier molecular flexibility index (Phi) is 4.38. The normalized spacial score (nSPS) is 11.6. The van der Waals surface area contributed by atoms with Crippen LogP contribution in [0.1, 0.15) is 5.56 Å². The van der Waals surface area contributed by atoms with Gasteiger partial charge in [-0.05, 0) is 24.3 Å². The molecule has 0 saturated heterocycles. The quantitative estimate of drug-likeness (QED) is 0.468. The van der Waals surface area contributed by atoms with Crippen molar-refractivity contribution in [2.45, 2.75) is 6.18 Å². The topological polar surface area (TPSA) is 50.7 Å². The largest absolute Gasteiger partial charge is 0.419 e. The van der Waals surface area contributed by atoms with Gasteiger partial charge in [-0.2, -0.15) is 18.3 Å². The summed E-state index contributed by atoms with van der Waals surface area (Å²) in [5.41, 5.74) is -0.619. The van der Waals surface area contributed by atoms with Crippen LogP contribution in [0.2, 0.25) is 0 Å². The molecule has 0 atom stereocenters. The van der Waals surface area contributed by atoms with Gasteiger partial charge < -0.3 is 5.32 Å². The Bertz CT molecular complexity index is 1150. The summed E-state index contributed by atoms with van der Waals surface area (Å²) in [6.45, 7) is 0. The van der Waals surface area contributed by atoms with Crippen LogP contribution in [-0.4, -0.2) is 15.2 Å². The van der Waals surface area contributed by atoms with Gasteiger partial charge in [-0.15, -0.1) is 5.10 Å². The number of benzene rings is 2. The van der Waals surface area contributed by atoms with Gasteiger partial charge in [0.2, 0.25) is 0 Å². The zero-order valence-electron chi connectivity index (χ0n) is 14.2. The Morgan fingerprint density at radius 3 is 2.57 bits per heavy atom. The number of aromatic nitrogens is 3. The molecular weight excluding hydrogens is 372 g/mol. The standard InChI is InChI=1S/C20H12F4N4/c21-19-15(4-2-5-16(19)20(22,23)24)13-9-18(28-26-11-13)27-17-6-1-3-12-10-25-8-7-14(12)17/h1-11H,(H,27,28). The molecule has 8 heteroatoms. The lowest BCUT2D eigenvalue weighted by atomic mass is 10.0. The number of hydrogen-bond donors (Lipinski definition) is 1. The molecule has 0 radical (unpaired) electrons. The SMILES string of the molecule is Fc1c(-c2cnnc(Nc3cccc4cnccc34)c2)cccc1C(F)(F)F. The number of hydrogen-bond acceptors (Lipinski definition) is 4. The summed E-state index contributed by atoms with van der Waals surface area (Å²) in [6.07, 6.45) is -0.205. The summed E-state index contributed by atoms with van der Waals surface area (Å²) in [6, 6.07) is 12.0. The van der Waals surface area contributed by atoms with Gasteiger partial charge in [-0.1, -0.05) is 24.3 Å². The number of nitrogens with zero attached hydrogens (tertiary/aromatic N) is 3. The maximum atomic E-state index is 14.4. The molecular formula is C20H12F4N4. The minimum atomic E-state index is -4.78. The van der Waals surface area contributed by atoms with E-state index < -0.39 is 17.6 Å². The number of fused-ring (bicyclic) bond motifs is 1. The van der Waals surface area contributed by atoms with Crippen molar-refractivity contribution >= 4 is 22.3 Å². The van der Waals surface area contributed by atoms with Gasteiger partial charge in [0.1, 0.15) is 5.82 Å². The fourth-order valence-corrected chi connectivity index (χ4v) is 2.92. The predicted octanol–water partition coefficient (Wildman–Crippen LogP) is 5.59. The van der Waals surface area contributed by atoms with E-state index in [9.17, 15) is 17.6 Å². The first-order valence-corrected chi connectivity index (χ1v) is 8.22. The van der Waals surface area contributed by atoms with Crippen LogP contribution >= 0.6 is 0 Å². The summed E-state index contributed by atoms with van der Waals surface area (Å²) in [5, 5.41) is 12.6. The van der Waals surface area contributed by atoms with Gasteiger partial charge in [0.05, 0.1) is 11.8 Å². The molecule has 140 valence electrons. The molecule has 0 unspecified atom stereocenters. The van der Waals surface area contributed by atoms with Crippen molar-refractivity contribution in [3.63, 3.8) is 0 Å². The smallest absolute Gasteiger partial charge is 0.338 e. The number of anilines is 2. The highest BCUT2D eigenvalue weighted by Gasteiger charge is 2.35. The van der Waals surface area contributed by atoms with Gasteiger partial charge in [0.15, 0.2) is 5.82 Å². The number of alkyl halides is 3. The summed E-state index contributed by atoms with van der Waals surface area (Å²) < 4.78 is 53.3. The minimum absolute atomic E-state index is 0.183. The molecule has 0 bridgehead atoms. The van der Waals surface area contributed by atoms with Crippen molar-refractivity contribution in [2.75, 3.05) is 5.32 Å². The van der Waals surface area contributed by atoms with E-state index in [2.05, 4.69) is 20.5 Å². The molecule has 2 aromatic heterocycles. The summed E-state index contributed by atoms with van der Waals surface area (Å²) >= 11 is 0. The maximum Gasteiger partial charge on any atom is 0.419 e. The molecule has 0 spiro atoms. The highest BCUT2D eigenvalue weighted by atomic mass is 19.4. The lowest BCUT2D eigenvalue weighted by Crippen LogP contribution is -2.09. The van der Waals surface area contributed by atoms with Gasteiger partial charge >= 0.3 is 6.18 Å². The van der Waals surface area contributed by atoms with Crippen molar-refractivity contribution in [1.29, 1.82) is 0 Å². The maximum absolute atomic E-state index is 14.4. The van der Waals surface area contributed by atoms with Crippen LogP contribution in [0.15, 0.2) is 67.1 Å². The molecule has 0 amide bonds. The molecule has 2 heterocycles. The predicted molar refractivity (Wildman–Crippen MR) is 97.5 cm³/mol. The monoisotopic (exact) mass is 384 g/mol. The van der Waals surface area contributed by atoms with E-state index in [-0.39, 0.29) is 16.9 Å². The van der Waals surface area contributed by atoms with Crippen molar-refractivity contribution in [2.24, 2.45) is 0 Å². The molecule has 1 N–H and O–H groups in total. The molecule has 0 aliphatic carbocycles. The second-order valence-electron chi connectivity index (χ2n) is 6.02. The molecule has 4 rings (SSSR count). The molecule has 0 aliphatic rings. The van der Waals surface area contributed by atoms with Crippen LogP contribution in [0.5, 0.6) is 0 Å². The lowest BCUT2D eigenvalue weighted by molar-refractivity contribution is -0.139. The molecule has 2 aromatic carbocycles. The van der Waals surface area contributed by atoms with E-state index in [1.807, 2.05) is 24.3 Å². The highest BCUT2D eigenvalue weighted by molar-refractivity contribution is 5.94. The fourth-order valence-electron chi connectivity index (χ4n) is 2.92. The second-order valence-corrected chi connectivity index (χ2v) is 6.02. The highest BCUT2D eigenvalue weighted by Crippen LogP contribution is 2.36. The summed E-state index contributed by atoms with van der Waals surface area (Å²) in [4.78, 5) is 4.06. The van der Waals surface area contributed by atoms with Gasteiger partial charge in [0, 0.05) is 40.0 Å². The van der Waals surface area contributed by atoms with Crippen LogP contribution in [0, 0.1) is 5.82 Å². The van der Waals surface area contributed by atoms with Gasteiger partial charge in [-0.25, -0.2) is 4.39 Å². The third-order valence-electron chi connectivity index (χ3n) is 4.21.